The molecular formula is C10H18N2O3. The molecule has 1 heterocycles. The maximum absolute atomic E-state index is 5.76. The summed E-state index contributed by atoms with van der Waals surface area (Å²) in [6, 6.07) is 1.81. The number of hydrogen-bond donors (Lipinski definition) is 1. The van der Waals surface area contributed by atoms with E-state index in [2.05, 4.69) is 5.16 Å². The molecule has 0 aliphatic rings. The molecule has 0 fully saturated rings. The topological polar surface area (TPSA) is 70.5 Å². The number of nitrogens with two attached hydrogens (primary N) is 1. The minimum atomic E-state index is -0.320. The van der Waals surface area contributed by atoms with Gasteiger partial charge in [-0.05, 0) is 13.8 Å². The van der Waals surface area contributed by atoms with Gasteiger partial charge in [0.2, 0.25) is 0 Å². The number of hydrogen-bond acceptors (Lipinski definition) is 5. The molecule has 0 aromatic carbocycles. The Kier molecular flexibility index (Phi) is 4.26. The Bertz CT molecular complexity index is 291. The van der Waals surface area contributed by atoms with Crippen molar-refractivity contribution in [2.75, 3.05) is 13.7 Å². The molecule has 0 spiro atoms. The second-order valence-electron chi connectivity index (χ2n) is 4.20. The first-order valence-corrected chi connectivity index (χ1v) is 4.81. The van der Waals surface area contributed by atoms with Gasteiger partial charge in [-0.2, -0.15) is 0 Å². The van der Waals surface area contributed by atoms with Gasteiger partial charge in [0.1, 0.15) is 12.3 Å². The molecular weight excluding hydrogens is 196 g/mol. The highest BCUT2D eigenvalue weighted by molar-refractivity contribution is 5.03. The second kappa shape index (κ2) is 5.25. The molecule has 0 aliphatic heterocycles. The van der Waals surface area contributed by atoms with Gasteiger partial charge in [-0.25, -0.2) is 0 Å². The SMILES string of the molecule is COCc1cc(COCC(C)(C)N)no1. The fourth-order valence-corrected chi connectivity index (χ4v) is 1.05. The van der Waals surface area contributed by atoms with E-state index in [4.69, 9.17) is 19.7 Å². The van der Waals surface area contributed by atoms with E-state index < -0.39 is 0 Å². The van der Waals surface area contributed by atoms with Gasteiger partial charge in [0.15, 0.2) is 5.76 Å². The number of methoxy groups -OCH3 is 1. The molecule has 1 aromatic heterocycles. The van der Waals surface area contributed by atoms with E-state index in [9.17, 15) is 0 Å². The third-order valence-corrected chi connectivity index (χ3v) is 1.62. The highest BCUT2D eigenvalue weighted by atomic mass is 16.5. The van der Waals surface area contributed by atoms with Crippen molar-refractivity contribution in [2.45, 2.75) is 32.6 Å². The normalized spacial score (nSPS) is 12.0. The van der Waals surface area contributed by atoms with E-state index in [-0.39, 0.29) is 5.54 Å². The molecule has 86 valence electrons. The number of rotatable bonds is 6. The average Bonchev–Trinajstić information content (AvgIpc) is 2.51. The summed E-state index contributed by atoms with van der Waals surface area (Å²) in [7, 11) is 1.61. The smallest absolute Gasteiger partial charge is 0.162 e. The van der Waals surface area contributed by atoms with Crippen LogP contribution in [-0.2, 0) is 22.7 Å². The Balaban J connectivity index is 2.31. The predicted octanol–water partition coefficient (Wildman–Crippen LogP) is 1.07. The minimum Gasteiger partial charge on any atom is -0.377 e. The number of aromatic nitrogens is 1. The van der Waals surface area contributed by atoms with Crippen molar-refractivity contribution >= 4 is 0 Å². The van der Waals surface area contributed by atoms with E-state index >= 15 is 0 Å². The standard InChI is InChI=1S/C10H18N2O3/c1-10(2,11)7-14-5-8-4-9(6-13-3)15-12-8/h4H,5-7,11H2,1-3H3. The Hall–Kier alpha value is -0.910. The van der Waals surface area contributed by atoms with Crippen molar-refractivity contribution in [3.8, 4) is 0 Å². The van der Waals surface area contributed by atoms with Crippen LogP contribution < -0.4 is 5.73 Å². The van der Waals surface area contributed by atoms with E-state index in [1.165, 1.54) is 0 Å². The molecule has 1 rings (SSSR count). The zero-order chi connectivity index (χ0) is 11.3. The zero-order valence-electron chi connectivity index (χ0n) is 9.45. The quantitative estimate of drug-likeness (QED) is 0.767. The van der Waals surface area contributed by atoms with Crippen molar-refractivity contribution in [1.29, 1.82) is 0 Å². The summed E-state index contributed by atoms with van der Waals surface area (Å²) in [5, 5.41) is 3.83. The van der Waals surface area contributed by atoms with Gasteiger partial charge in [0, 0.05) is 18.7 Å². The van der Waals surface area contributed by atoms with Crippen LogP contribution in [0.2, 0.25) is 0 Å². The molecule has 5 heteroatoms. The van der Waals surface area contributed by atoms with Crippen LogP contribution in [0.25, 0.3) is 0 Å². The lowest BCUT2D eigenvalue weighted by atomic mass is 10.1. The lowest BCUT2D eigenvalue weighted by Gasteiger charge is -2.17. The van der Waals surface area contributed by atoms with E-state index in [1.54, 1.807) is 7.11 Å². The van der Waals surface area contributed by atoms with Gasteiger partial charge in [0.05, 0.1) is 13.2 Å². The summed E-state index contributed by atoms with van der Waals surface area (Å²) in [5.74, 6) is 0.697. The van der Waals surface area contributed by atoms with Crippen molar-refractivity contribution in [2.24, 2.45) is 5.73 Å². The van der Waals surface area contributed by atoms with Crippen LogP contribution >= 0.6 is 0 Å². The van der Waals surface area contributed by atoms with Crippen LogP contribution in [0, 0.1) is 0 Å². The molecule has 0 aliphatic carbocycles. The van der Waals surface area contributed by atoms with Crippen LogP contribution in [0.1, 0.15) is 25.3 Å². The molecule has 5 nitrogen and oxygen atoms in total. The minimum absolute atomic E-state index is 0.320. The summed E-state index contributed by atoms with van der Waals surface area (Å²) < 4.78 is 15.3. The molecule has 0 bridgehead atoms. The van der Waals surface area contributed by atoms with E-state index in [1.807, 2.05) is 19.9 Å². The summed E-state index contributed by atoms with van der Waals surface area (Å²) in [4.78, 5) is 0. The number of ether oxygens (including phenoxy) is 2. The van der Waals surface area contributed by atoms with Crippen molar-refractivity contribution in [3.05, 3.63) is 17.5 Å². The van der Waals surface area contributed by atoms with Gasteiger partial charge in [-0.15, -0.1) is 0 Å². The Morgan fingerprint density at radius 2 is 2.20 bits per heavy atom. The highest BCUT2D eigenvalue weighted by Crippen LogP contribution is 2.07. The molecule has 0 amide bonds. The van der Waals surface area contributed by atoms with Crippen molar-refractivity contribution < 1.29 is 14.0 Å². The van der Waals surface area contributed by atoms with Crippen molar-refractivity contribution in [1.82, 2.24) is 5.16 Å². The monoisotopic (exact) mass is 214 g/mol. The molecule has 0 radical (unpaired) electrons. The van der Waals surface area contributed by atoms with Gasteiger partial charge >= 0.3 is 0 Å². The van der Waals surface area contributed by atoms with Gasteiger partial charge < -0.3 is 19.7 Å². The third kappa shape index (κ3) is 4.92. The zero-order valence-corrected chi connectivity index (χ0v) is 9.45. The molecule has 0 unspecified atom stereocenters. The Morgan fingerprint density at radius 1 is 1.47 bits per heavy atom. The largest absolute Gasteiger partial charge is 0.377 e. The van der Waals surface area contributed by atoms with Crippen molar-refractivity contribution in [3.63, 3.8) is 0 Å². The first-order chi connectivity index (χ1) is 7.01. The molecule has 1 aromatic rings. The predicted molar refractivity (Wildman–Crippen MR) is 55.1 cm³/mol. The summed E-state index contributed by atoms with van der Waals surface area (Å²) >= 11 is 0. The van der Waals surface area contributed by atoms with Crippen LogP contribution in [0.15, 0.2) is 10.6 Å². The summed E-state index contributed by atoms with van der Waals surface area (Å²) in [5.41, 5.74) is 6.20. The number of nitrogens with zero attached hydrogens (tertiary/aromatic N) is 1. The van der Waals surface area contributed by atoms with Crippen LogP contribution in [0.5, 0.6) is 0 Å². The fraction of sp³-hybridized carbons (Fsp3) is 0.700. The lowest BCUT2D eigenvalue weighted by molar-refractivity contribution is 0.0810. The first kappa shape index (κ1) is 12.2. The van der Waals surface area contributed by atoms with E-state index in [0.717, 1.165) is 5.69 Å². The lowest BCUT2D eigenvalue weighted by Crippen LogP contribution is -2.37. The maximum Gasteiger partial charge on any atom is 0.162 e. The Morgan fingerprint density at radius 3 is 2.80 bits per heavy atom. The third-order valence-electron chi connectivity index (χ3n) is 1.62. The summed E-state index contributed by atoms with van der Waals surface area (Å²) in [6.45, 7) is 5.14. The fourth-order valence-electron chi connectivity index (χ4n) is 1.05. The van der Waals surface area contributed by atoms with Gasteiger partial charge in [-0.3, -0.25) is 0 Å². The first-order valence-electron chi connectivity index (χ1n) is 4.81. The Labute approximate surface area is 89.5 Å². The van der Waals surface area contributed by atoms with E-state index in [0.29, 0.717) is 25.6 Å². The molecule has 0 atom stereocenters. The van der Waals surface area contributed by atoms with Crippen LogP contribution in [0.3, 0.4) is 0 Å². The molecule has 0 saturated heterocycles. The summed E-state index contributed by atoms with van der Waals surface area (Å²) in [6.07, 6.45) is 0. The van der Waals surface area contributed by atoms with Crippen LogP contribution in [-0.4, -0.2) is 24.4 Å². The second-order valence-corrected chi connectivity index (χ2v) is 4.20. The molecule has 15 heavy (non-hydrogen) atoms. The molecule has 0 saturated carbocycles. The maximum atomic E-state index is 5.76. The molecule has 2 N–H and O–H groups in total. The van der Waals surface area contributed by atoms with Gasteiger partial charge in [-0.1, -0.05) is 5.16 Å². The van der Waals surface area contributed by atoms with Crippen LogP contribution in [0.4, 0.5) is 0 Å². The average molecular weight is 214 g/mol. The highest BCUT2D eigenvalue weighted by Gasteiger charge is 2.11. The van der Waals surface area contributed by atoms with Gasteiger partial charge in [0.25, 0.3) is 0 Å².